The molecule has 0 spiro atoms. The molecule has 1 aromatic rings. The van der Waals surface area contributed by atoms with Crippen LogP contribution in [0.2, 0.25) is 0 Å². The summed E-state index contributed by atoms with van der Waals surface area (Å²) in [6.07, 6.45) is 0.601. The average Bonchev–Trinajstić information content (AvgIpc) is 2.71. The number of hydrogen-bond acceptors (Lipinski definition) is 4. The minimum Gasteiger partial charge on any atom is -0.348 e. The predicted octanol–water partition coefficient (Wildman–Crippen LogP) is 1.35. The SMILES string of the molecule is CCc1nc(C(=O)NCCSC(F)(F)F)n[nH]1. The van der Waals surface area contributed by atoms with Crippen LogP contribution in [-0.4, -0.2) is 38.9 Å². The molecule has 0 saturated heterocycles. The molecule has 0 radical (unpaired) electrons. The molecule has 0 aliphatic carbocycles. The summed E-state index contributed by atoms with van der Waals surface area (Å²) in [6.45, 7) is 1.75. The number of hydrogen-bond donors (Lipinski definition) is 2. The Morgan fingerprint density at radius 1 is 1.53 bits per heavy atom. The van der Waals surface area contributed by atoms with Crippen molar-refractivity contribution in [3.63, 3.8) is 0 Å². The van der Waals surface area contributed by atoms with Crippen LogP contribution in [0.5, 0.6) is 0 Å². The van der Waals surface area contributed by atoms with E-state index < -0.39 is 11.4 Å². The zero-order valence-corrected chi connectivity index (χ0v) is 9.78. The van der Waals surface area contributed by atoms with Crippen molar-refractivity contribution in [1.29, 1.82) is 0 Å². The van der Waals surface area contributed by atoms with Crippen molar-refractivity contribution < 1.29 is 18.0 Å². The van der Waals surface area contributed by atoms with Crippen molar-refractivity contribution in [2.24, 2.45) is 0 Å². The van der Waals surface area contributed by atoms with Gasteiger partial charge in [-0.1, -0.05) is 6.92 Å². The highest BCUT2D eigenvalue weighted by atomic mass is 32.2. The van der Waals surface area contributed by atoms with Crippen LogP contribution in [0.1, 0.15) is 23.4 Å². The smallest absolute Gasteiger partial charge is 0.348 e. The van der Waals surface area contributed by atoms with Crippen molar-refractivity contribution in [1.82, 2.24) is 20.5 Å². The van der Waals surface area contributed by atoms with Crippen LogP contribution >= 0.6 is 11.8 Å². The number of H-pyrrole nitrogens is 1. The summed E-state index contributed by atoms with van der Waals surface area (Å²) in [7, 11) is 0. The van der Waals surface area contributed by atoms with Crippen LogP contribution in [0.25, 0.3) is 0 Å². The van der Waals surface area contributed by atoms with Crippen LogP contribution in [0.15, 0.2) is 0 Å². The molecule has 5 nitrogen and oxygen atoms in total. The number of thioether (sulfide) groups is 1. The fourth-order valence-electron chi connectivity index (χ4n) is 0.965. The predicted molar refractivity (Wildman–Crippen MR) is 56.6 cm³/mol. The number of aromatic nitrogens is 3. The van der Waals surface area contributed by atoms with Crippen LogP contribution in [0.3, 0.4) is 0 Å². The summed E-state index contributed by atoms with van der Waals surface area (Å²) in [5.74, 6) is -0.317. The normalized spacial score (nSPS) is 11.5. The van der Waals surface area contributed by atoms with E-state index >= 15 is 0 Å². The number of aromatic amines is 1. The van der Waals surface area contributed by atoms with Crippen molar-refractivity contribution in [3.05, 3.63) is 11.6 Å². The zero-order valence-electron chi connectivity index (χ0n) is 8.97. The molecule has 0 aliphatic rings. The quantitative estimate of drug-likeness (QED) is 0.791. The molecule has 1 amide bonds. The second-order valence-corrected chi connectivity index (χ2v) is 4.17. The van der Waals surface area contributed by atoms with Crippen LogP contribution in [0, 0.1) is 0 Å². The van der Waals surface area contributed by atoms with Gasteiger partial charge in [-0.15, -0.1) is 5.10 Å². The molecule has 1 rings (SSSR count). The van der Waals surface area contributed by atoms with Crippen molar-refractivity contribution in [2.75, 3.05) is 12.3 Å². The summed E-state index contributed by atoms with van der Waals surface area (Å²) >= 11 is -0.183. The minimum absolute atomic E-state index is 0.0566. The first kappa shape index (κ1) is 13.8. The van der Waals surface area contributed by atoms with Gasteiger partial charge in [-0.05, 0) is 11.8 Å². The average molecular weight is 268 g/mol. The number of rotatable bonds is 5. The summed E-state index contributed by atoms with van der Waals surface area (Å²) in [5.41, 5.74) is -4.27. The van der Waals surface area contributed by atoms with Crippen molar-refractivity contribution >= 4 is 17.7 Å². The largest absolute Gasteiger partial charge is 0.441 e. The highest BCUT2D eigenvalue weighted by Gasteiger charge is 2.27. The Labute approximate surface area is 99.6 Å². The lowest BCUT2D eigenvalue weighted by Crippen LogP contribution is -2.27. The molecule has 1 aromatic heterocycles. The van der Waals surface area contributed by atoms with Crippen molar-refractivity contribution in [3.8, 4) is 0 Å². The van der Waals surface area contributed by atoms with Gasteiger partial charge in [0.25, 0.3) is 5.91 Å². The molecule has 0 saturated carbocycles. The van der Waals surface area contributed by atoms with Gasteiger partial charge in [0, 0.05) is 18.7 Å². The molecule has 0 aromatic carbocycles. The standard InChI is InChI=1S/C8H11F3N4OS/c1-2-5-13-6(15-14-5)7(16)12-3-4-17-8(9,10)11/h2-4H2,1H3,(H,12,16)(H,13,14,15). The zero-order chi connectivity index (χ0) is 12.9. The lowest BCUT2D eigenvalue weighted by molar-refractivity contribution is -0.0327. The van der Waals surface area contributed by atoms with Gasteiger partial charge in [-0.25, -0.2) is 4.98 Å². The number of carbonyl (C=O) groups excluding carboxylic acids is 1. The Morgan fingerprint density at radius 2 is 2.24 bits per heavy atom. The summed E-state index contributed by atoms with van der Waals surface area (Å²) in [4.78, 5) is 15.2. The van der Waals surface area contributed by atoms with E-state index in [1.807, 2.05) is 6.92 Å². The third-order valence-electron chi connectivity index (χ3n) is 1.72. The molecule has 0 aliphatic heterocycles. The molecule has 96 valence electrons. The fraction of sp³-hybridized carbons (Fsp3) is 0.625. The molecule has 1 heterocycles. The number of nitrogens with one attached hydrogen (secondary N) is 2. The number of amides is 1. The molecule has 2 N–H and O–H groups in total. The number of alkyl halides is 3. The molecule has 0 atom stereocenters. The first-order valence-corrected chi connectivity index (χ1v) is 5.81. The number of halogens is 3. The highest BCUT2D eigenvalue weighted by Crippen LogP contribution is 2.29. The number of nitrogens with zero attached hydrogens (tertiary/aromatic N) is 2. The second kappa shape index (κ2) is 5.89. The topological polar surface area (TPSA) is 70.7 Å². The summed E-state index contributed by atoms with van der Waals surface area (Å²) < 4.78 is 35.3. The van der Waals surface area contributed by atoms with E-state index in [2.05, 4.69) is 20.5 Å². The maximum absolute atomic E-state index is 11.8. The third kappa shape index (κ3) is 5.07. The number of carbonyl (C=O) groups is 1. The maximum Gasteiger partial charge on any atom is 0.441 e. The Hall–Kier alpha value is -1.25. The Balaban J connectivity index is 2.30. The molecular formula is C8H11F3N4OS. The van der Waals surface area contributed by atoms with Gasteiger partial charge >= 0.3 is 5.51 Å². The maximum atomic E-state index is 11.8. The van der Waals surface area contributed by atoms with E-state index in [0.717, 1.165) is 0 Å². The Kier molecular flexibility index (Phi) is 4.79. The molecule has 0 bridgehead atoms. The van der Waals surface area contributed by atoms with Gasteiger partial charge in [-0.3, -0.25) is 9.89 Å². The second-order valence-electron chi connectivity index (χ2n) is 3.01. The molecule has 0 unspecified atom stereocenters. The fourth-order valence-corrected chi connectivity index (χ4v) is 1.40. The highest BCUT2D eigenvalue weighted by molar-refractivity contribution is 8.00. The molecule has 9 heteroatoms. The van der Waals surface area contributed by atoms with Crippen LogP contribution in [0.4, 0.5) is 13.2 Å². The minimum atomic E-state index is -4.27. The Bertz CT molecular complexity index is 379. The van der Waals surface area contributed by atoms with Gasteiger partial charge in [0.05, 0.1) is 0 Å². The van der Waals surface area contributed by atoms with Crippen LogP contribution < -0.4 is 5.32 Å². The Morgan fingerprint density at radius 3 is 2.76 bits per heavy atom. The first-order chi connectivity index (χ1) is 7.92. The van der Waals surface area contributed by atoms with E-state index in [9.17, 15) is 18.0 Å². The van der Waals surface area contributed by atoms with Gasteiger partial charge in [0.2, 0.25) is 5.82 Å². The lowest BCUT2D eigenvalue weighted by Gasteiger charge is -2.05. The van der Waals surface area contributed by atoms with E-state index in [1.54, 1.807) is 0 Å². The number of aryl methyl sites for hydroxylation is 1. The van der Waals surface area contributed by atoms with E-state index in [1.165, 1.54) is 0 Å². The third-order valence-corrected chi connectivity index (χ3v) is 2.46. The van der Waals surface area contributed by atoms with Gasteiger partial charge < -0.3 is 5.32 Å². The van der Waals surface area contributed by atoms with E-state index in [0.29, 0.717) is 12.2 Å². The van der Waals surface area contributed by atoms with Gasteiger partial charge in [-0.2, -0.15) is 13.2 Å². The molecular weight excluding hydrogens is 257 g/mol. The molecule has 0 fully saturated rings. The van der Waals surface area contributed by atoms with E-state index in [-0.39, 0.29) is 29.9 Å². The van der Waals surface area contributed by atoms with Crippen LogP contribution in [-0.2, 0) is 6.42 Å². The first-order valence-electron chi connectivity index (χ1n) is 4.82. The van der Waals surface area contributed by atoms with Gasteiger partial charge in [0.15, 0.2) is 0 Å². The van der Waals surface area contributed by atoms with E-state index in [4.69, 9.17) is 0 Å². The molecule has 17 heavy (non-hydrogen) atoms. The lowest BCUT2D eigenvalue weighted by atomic mass is 10.5. The van der Waals surface area contributed by atoms with Gasteiger partial charge in [0.1, 0.15) is 5.82 Å². The summed E-state index contributed by atoms with van der Waals surface area (Å²) in [6, 6.07) is 0. The summed E-state index contributed by atoms with van der Waals surface area (Å²) in [5, 5.41) is 8.49. The monoisotopic (exact) mass is 268 g/mol. The van der Waals surface area contributed by atoms with Crippen molar-refractivity contribution in [2.45, 2.75) is 18.9 Å².